The number of urea groups is 1. The molecule has 2 amide bonds. The largest absolute Gasteiger partial charge is 0.472 e. The molecule has 4 aromatic rings. The van der Waals surface area contributed by atoms with E-state index < -0.39 is 0 Å². The van der Waals surface area contributed by atoms with E-state index in [-0.39, 0.29) is 6.03 Å². The van der Waals surface area contributed by atoms with Crippen molar-refractivity contribution in [3.05, 3.63) is 109 Å². The fourth-order valence-corrected chi connectivity index (χ4v) is 3.04. The number of carbonyl (C=O) groups excluding carboxylic acids is 1. The molecule has 2 N–H and O–H groups in total. The molecule has 31 heavy (non-hydrogen) atoms. The zero-order valence-corrected chi connectivity index (χ0v) is 16.9. The van der Waals surface area contributed by atoms with Gasteiger partial charge in [-0.1, -0.05) is 48.5 Å². The molecule has 0 saturated carbocycles. The van der Waals surface area contributed by atoms with Gasteiger partial charge in [-0.05, 0) is 47.0 Å². The van der Waals surface area contributed by atoms with Crippen LogP contribution in [0.15, 0.2) is 97.5 Å². The van der Waals surface area contributed by atoms with E-state index >= 15 is 0 Å². The minimum Gasteiger partial charge on any atom is -0.472 e. The third-order valence-electron chi connectivity index (χ3n) is 4.62. The zero-order chi connectivity index (χ0) is 21.3. The van der Waals surface area contributed by atoms with E-state index in [0.29, 0.717) is 24.7 Å². The Morgan fingerprint density at radius 1 is 0.839 bits per heavy atom. The monoisotopic (exact) mass is 410 g/mol. The summed E-state index contributed by atoms with van der Waals surface area (Å²) in [6.45, 7) is 0.795. The molecule has 0 bridgehead atoms. The van der Waals surface area contributed by atoms with E-state index in [1.165, 1.54) is 0 Å². The van der Waals surface area contributed by atoms with Gasteiger partial charge < -0.3 is 15.4 Å². The number of anilines is 1. The van der Waals surface area contributed by atoms with Gasteiger partial charge in [0.2, 0.25) is 5.88 Å². The summed E-state index contributed by atoms with van der Waals surface area (Å²) in [6.07, 6.45) is 5.14. The highest BCUT2D eigenvalue weighted by Gasteiger charge is 2.08. The summed E-state index contributed by atoms with van der Waals surface area (Å²) in [6, 6.07) is 24.9. The number of nitrogens with zero attached hydrogens (tertiary/aromatic N) is 2. The third-order valence-corrected chi connectivity index (χ3v) is 4.62. The normalized spacial score (nSPS) is 10.3. The van der Waals surface area contributed by atoms with E-state index in [9.17, 15) is 4.79 Å². The summed E-state index contributed by atoms with van der Waals surface area (Å²) in [5.41, 5.74) is 4.63. The lowest BCUT2D eigenvalue weighted by molar-refractivity contribution is 0.251. The van der Waals surface area contributed by atoms with Crippen LogP contribution >= 0.6 is 0 Å². The van der Waals surface area contributed by atoms with E-state index in [1.54, 1.807) is 18.6 Å². The van der Waals surface area contributed by atoms with Crippen LogP contribution in [0.4, 0.5) is 10.5 Å². The first kappa shape index (κ1) is 20.1. The summed E-state index contributed by atoms with van der Waals surface area (Å²) < 4.78 is 5.97. The first-order valence-corrected chi connectivity index (χ1v) is 9.94. The van der Waals surface area contributed by atoms with Crippen LogP contribution in [0.3, 0.4) is 0 Å². The van der Waals surface area contributed by atoms with Crippen molar-refractivity contribution in [2.24, 2.45) is 0 Å². The lowest BCUT2D eigenvalue weighted by atomic mass is 10.1. The maximum absolute atomic E-state index is 12.1. The van der Waals surface area contributed by atoms with Crippen LogP contribution in [-0.4, -0.2) is 16.0 Å². The maximum atomic E-state index is 12.1. The van der Waals surface area contributed by atoms with Gasteiger partial charge >= 0.3 is 6.03 Å². The molecule has 0 aliphatic carbocycles. The molecule has 2 aromatic heterocycles. The topological polar surface area (TPSA) is 76.1 Å². The second-order valence-corrected chi connectivity index (χ2v) is 6.88. The number of rotatable bonds is 7. The highest BCUT2D eigenvalue weighted by Crippen LogP contribution is 2.28. The first-order valence-electron chi connectivity index (χ1n) is 9.94. The smallest absolute Gasteiger partial charge is 0.319 e. The molecule has 2 aromatic carbocycles. The fourth-order valence-electron chi connectivity index (χ4n) is 3.04. The van der Waals surface area contributed by atoms with Crippen LogP contribution in [0.5, 0.6) is 5.88 Å². The molecule has 0 aliphatic rings. The van der Waals surface area contributed by atoms with Gasteiger partial charge in [0.25, 0.3) is 0 Å². The molecular weight excluding hydrogens is 388 g/mol. The Morgan fingerprint density at radius 3 is 2.42 bits per heavy atom. The molecule has 6 heteroatoms. The quantitative estimate of drug-likeness (QED) is 0.447. The highest BCUT2D eigenvalue weighted by atomic mass is 16.5. The summed E-state index contributed by atoms with van der Waals surface area (Å²) in [5.74, 6) is 0.589. The van der Waals surface area contributed by atoms with Crippen molar-refractivity contribution in [2.75, 3.05) is 5.32 Å². The lowest BCUT2D eigenvalue weighted by Crippen LogP contribution is -2.28. The van der Waals surface area contributed by atoms with Crippen LogP contribution in [0, 0.1) is 0 Å². The molecule has 0 saturated heterocycles. The molecule has 0 spiro atoms. The Kier molecular flexibility index (Phi) is 6.50. The minimum atomic E-state index is -0.270. The van der Waals surface area contributed by atoms with Crippen molar-refractivity contribution in [1.29, 1.82) is 0 Å². The van der Waals surface area contributed by atoms with Crippen molar-refractivity contribution in [1.82, 2.24) is 15.3 Å². The van der Waals surface area contributed by atoms with Gasteiger partial charge in [-0.3, -0.25) is 4.98 Å². The van der Waals surface area contributed by atoms with E-state index in [1.807, 2.05) is 78.9 Å². The number of hydrogen-bond acceptors (Lipinski definition) is 4. The van der Waals surface area contributed by atoms with Gasteiger partial charge in [0.15, 0.2) is 0 Å². The number of pyridine rings is 2. The molecule has 0 aliphatic heterocycles. The van der Waals surface area contributed by atoms with Gasteiger partial charge in [0.05, 0.1) is 0 Å². The average molecular weight is 410 g/mol. The molecule has 0 unspecified atom stereocenters. The lowest BCUT2D eigenvalue weighted by Gasteiger charge is -2.11. The van der Waals surface area contributed by atoms with Crippen LogP contribution < -0.4 is 15.4 Å². The van der Waals surface area contributed by atoms with Crippen molar-refractivity contribution >= 4 is 11.7 Å². The molecule has 6 nitrogen and oxygen atoms in total. The summed E-state index contributed by atoms with van der Waals surface area (Å²) in [4.78, 5) is 20.5. The van der Waals surface area contributed by atoms with Gasteiger partial charge in [0.1, 0.15) is 6.61 Å². The Bertz CT molecular complexity index is 1120. The summed E-state index contributed by atoms with van der Waals surface area (Å²) in [7, 11) is 0. The predicted octanol–water partition coefficient (Wildman–Crippen LogP) is 5.04. The Hall–Kier alpha value is -4.19. The second-order valence-electron chi connectivity index (χ2n) is 6.88. The number of aromatic nitrogens is 2. The number of ether oxygens (including phenoxy) is 1. The van der Waals surface area contributed by atoms with Crippen LogP contribution in [0.1, 0.15) is 11.1 Å². The zero-order valence-electron chi connectivity index (χ0n) is 16.9. The Balaban J connectivity index is 1.32. The predicted molar refractivity (Wildman–Crippen MR) is 121 cm³/mol. The summed E-state index contributed by atoms with van der Waals surface area (Å²) >= 11 is 0. The number of carbonyl (C=O) groups is 1. The molecule has 0 atom stereocenters. The van der Waals surface area contributed by atoms with Crippen molar-refractivity contribution in [2.45, 2.75) is 13.2 Å². The Morgan fingerprint density at radius 2 is 1.65 bits per heavy atom. The number of benzene rings is 2. The van der Waals surface area contributed by atoms with E-state index in [2.05, 4.69) is 20.6 Å². The molecule has 0 fully saturated rings. The molecule has 2 heterocycles. The highest BCUT2D eigenvalue weighted by molar-refractivity contribution is 5.89. The third kappa shape index (κ3) is 5.67. The van der Waals surface area contributed by atoms with Crippen molar-refractivity contribution in [3.63, 3.8) is 0 Å². The molecular formula is C25H22N4O2. The minimum absolute atomic E-state index is 0.270. The van der Waals surface area contributed by atoms with Crippen LogP contribution in [-0.2, 0) is 13.2 Å². The maximum Gasteiger partial charge on any atom is 0.319 e. The summed E-state index contributed by atoms with van der Waals surface area (Å²) in [5, 5.41) is 5.63. The molecule has 154 valence electrons. The van der Waals surface area contributed by atoms with E-state index in [0.717, 1.165) is 22.3 Å². The first-order chi connectivity index (χ1) is 15.3. The second kappa shape index (κ2) is 10.0. The van der Waals surface area contributed by atoms with Gasteiger partial charge in [-0.15, -0.1) is 0 Å². The van der Waals surface area contributed by atoms with E-state index in [4.69, 9.17) is 4.74 Å². The SMILES string of the molecule is O=C(NCc1cccnc1)Nc1ccc(COc2ncccc2-c2ccccc2)cc1. The number of amides is 2. The van der Waals surface area contributed by atoms with Gasteiger partial charge in [0, 0.05) is 36.4 Å². The number of hydrogen-bond donors (Lipinski definition) is 2. The van der Waals surface area contributed by atoms with Crippen molar-refractivity contribution in [3.8, 4) is 17.0 Å². The molecule has 4 rings (SSSR count). The standard InChI is InChI=1S/C25H22N4O2/c30-25(28-17-20-6-4-14-26-16-20)29-22-12-10-19(11-13-22)18-31-24-23(9-5-15-27-24)21-7-2-1-3-8-21/h1-16H,17-18H2,(H2,28,29,30). The van der Waals surface area contributed by atoms with Crippen molar-refractivity contribution < 1.29 is 9.53 Å². The van der Waals surface area contributed by atoms with Crippen LogP contribution in [0.2, 0.25) is 0 Å². The fraction of sp³-hybridized carbons (Fsp3) is 0.0800. The average Bonchev–Trinajstić information content (AvgIpc) is 2.84. The van der Waals surface area contributed by atoms with Gasteiger partial charge in [-0.2, -0.15) is 0 Å². The molecule has 0 radical (unpaired) electrons. The van der Waals surface area contributed by atoms with Crippen LogP contribution in [0.25, 0.3) is 11.1 Å². The van der Waals surface area contributed by atoms with Gasteiger partial charge in [-0.25, -0.2) is 9.78 Å². The Labute approximate surface area is 181 Å². The number of nitrogens with one attached hydrogen (secondary N) is 2.